The van der Waals surface area contributed by atoms with E-state index >= 15 is 0 Å². The molecule has 2 amide bonds. The van der Waals surface area contributed by atoms with E-state index < -0.39 is 28.5 Å². The zero-order valence-electron chi connectivity index (χ0n) is 20.8. The number of benzene rings is 3. The van der Waals surface area contributed by atoms with Gasteiger partial charge in [-0.05, 0) is 47.4 Å². The number of nitrogens with zero attached hydrogens (tertiary/aromatic N) is 2. The maximum Gasteiger partial charge on any atom is 0.243 e. The Morgan fingerprint density at radius 3 is 2.31 bits per heavy atom. The van der Waals surface area contributed by atoms with Crippen molar-refractivity contribution in [2.75, 3.05) is 20.1 Å². The van der Waals surface area contributed by atoms with E-state index in [1.165, 1.54) is 18.0 Å². The zero-order chi connectivity index (χ0) is 26.3. The molecule has 0 bridgehead atoms. The first-order valence-corrected chi connectivity index (χ1v) is 13.8. The number of carbonyl (C=O) groups excluding carboxylic acids is 2. The lowest BCUT2D eigenvalue weighted by Crippen LogP contribution is -2.51. The summed E-state index contributed by atoms with van der Waals surface area (Å²) in [4.78, 5) is 28.0. The summed E-state index contributed by atoms with van der Waals surface area (Å²) < 4.78 is 27.7. The Labute approximate surface area is 218 Å². The molecule has 3 aromatic rings. The van der Waals surface area contributed by atoms with Crippen LogP contribution in [0.25, 0.3) is 10.8 Å². The van der Waals surface area contributed by atoms with Crippen LogP contribution in [0.3, 0.4) is 0 Å². The smallest absolute Gasteiger partial charge is 0.243 e. The number of carbonyl (C=O) groups is 2. The van der Waals surface area contributed by atoms with Crippen molar-refractivity contribution in [2.45, 2.75) is 44.2 Å². The van der Waals surface area contributed by atoms with Gasteiger partial charge >= 0.3 is 0 Å². The van der Waals surface area contributed by atoms with Crippen LogP contribution in [0.2, 0.25) is 5.02 Å². The van der Waals surface area contributed by atoms with Crippen LogP contribution in [0.1, 0.15) is 32.3 Å². The molecule has 0 aliphatic heterocycles. The van der Waals surface area contributed by atoms with E-state index in [2.05, 4.69) is 5.32 Å². The quantitative estimate of drug-likeness (QED) is 0.397. The zero-order valence-corrected chi connectivity index (χ0v) is 22.3. The third-order valence-corrected chi connectivity index (χ3v) is 8.19. The Balaban J connectivity index is 1.88. The molecule has 7 nitrogen and oxygen atoms in total. The van der Waals surface area contributed by atoms with Crippen molar-refractivity contribution in [2.24, 2.45) is 0 Å². The second-order valence-corrected chi connectivity index (χ2v) is 11.1. The molecule has 0 saturated heterocycles. The van der Waals surface area contributed by atoms with Gasteiger partial charge in [0.1, 0.15) is 6.04 Å². The fourth-order valence-electron chi connectivity index (χ4n) is 3.97. The molecule has 3 aromatic carbocycles. The highest BCUT2D eigenvalue weighted by Crippen LogP contribution is 2.23. The average molecular weight is 530 g/mol. The summed E-state index contributed by atoms with van der Waals surface area (Å²) in [6.45, 7) is 3.91. The standard InChI is InChI=1S/C27H32ClN3O4S/c1-4-16-29-27(33)25(5-2)31(18-22-12-8-9-13-24(22)28)26(32)19-30(3)36(34,35)23-15-14-20-10-6-7-11-21(20)17-23/h6-15,17,25H,4-5,16,18-19H2,1-3H3,(H,29,33)/t25-/m1/s1. The number of hydrogen-bond donors (Lipinski definition) is 1. The third-order valence-electron chi connectivity index (χ3n) is 6.02. The SMILES string of the molecule is CCCNC(=O)[C@@H](CC)N(Cc1ccccc1Cl)C(=O)CN(C)S(=O)(=O)c1ccc2ccccc2c1. The molecule has 3 rings (SSSR count). The molecule has 192 valence electrons. The van der Waals surface area contributed by atoms with Crippen LogP contribution < -0.4 is 5.32 Å². The summed E-state index contributed by atoms with van der Waals surface area (Å²) in [5.74, 6) is -0.764. The van der Waals surface area contributed by atoms with E-state index in [-0.39, 0.29) is 17.3 Å². The molecule has 1 N–H and O–H groups in total. The van der Waals surface area contributed by atoms with Gasteiger partial charge in [-0.15, -0.1) is 0 Å². The van der Waals surface area contributed by atoms with E-state index in [9.17, 15) is 18.0 Å². The molecule has 0 aromatic heterocycles. The Kier molecular flexibility index (Phi) is 9.48. The highest BCUT2D eigenvalue weighted by atomic mass is 35.5. The van der Waals surface area contributed by atoms with Gasteiger partial charge in [0.15, 0.2) is 0 Å². The number of rotatable bonds is 11. The minimum Gasteiger partial charge on any atom is -0.354 e. The molecular weight excluding hydrogens is 498 g/mol. The summed E-state index contributed by atoms with van der Waals surface area (Å²) in [5.41, 5.74) is 0.675. The number of likely N-dealkylation sites (N-methyl/N-ethyl adjacent to an activating group) is 1. The van der Waals surface area contributed by atoms with Gasteiger partial charge in [0, 0.05) is 25.2 Å². The minimum atomic E-state index is -3.95. The minimum absolute atomic E-state index is 0.0838. The average Bonchev–Trinajstić information content (AvgIpc) is 2.87. The lowest BCUT2D eigenvalue weighted by atomic mass is 10.1. The van der Waals surface area contributed by atoms with Crippen LogP contribution in [0.4, 0.5) is 0 Å². The number of halogens is 1. The predicted octanol–water partition coefficient (Wildman–Crippen LogP) is 4.45. The first kappa shape index (κ1) is 27.6. The second kappa shape index (κ2) is 12.3. The number of fused-ring (bicyclic) bond motifs is 1. The van der Waals surface area contributed by atoms with Crippen LogP contribution in [0, 0.1) is 0 Å². The fourth-order valence-corrected chi connectivity index (χ4v) is 5.32. The van der Waals surface area contributed by atoms with Crippen molar-refractivity contribution < 1.29 is 18.0 Å². The van der Waals surface area contributed by atoms with E-state index in [0.29, 0.717) is 23.6 Å². The van der Waals surface area contributed by atoms with Crippen LogP contribution in [0.5, 0.6) is 0 Å². The van der Waals surface area contributed by atoms with Gasteiger partial charge in [-0.25, -0.2) is 8.42 Å². The lowest BCUT2D eigenvalue weighted by molar-refractivity contribution is -0.141. The highest BCUT2D eigenvalue weighted by Gasteiger charge is 2.32. The molecule has 0 spiro atoms. The summed E-state index contributed by atoms with van der Waals surface area (Å²) >= 11 is 6.35. The van der Waals surface area contributed by atoms with Crippen LogP contribution >= 0.6 is 11.6 Å². The molecular formula is C27H32ClN3O4S. The second-order valence-electron chi connectivity index (χ2n) is 8.60. The molecule has 0 unspecified atom stereocenters. The Morgan fingerprint density at radius 2 is 1.64 bits per heavy atom. The van der Waals surface area contributed by atoms with Gasteiger partial charge in [-0.2, -0.15) is 4.31 Å². The normalized spacial score (nSPS) is 12.5. The van der Waals surface area contributed by atoms with Crippen molar-refractivity contribution >= 4 is 44.2 Å². The Morgan fingerprint density at radius 1 is 0.972 bits per heavy atom. The van der Waals surface area contributed by atoms with Gasteiger partial charge in [-0.1, -0.05) is 74.0 Å². The molecule has 0 fully saturated rings. The maximum atomic E-state index is 13.5. The van der Waals surface area contributed by atoms with Crippen LogP contribution in [-0.2, 0) is 26.2 Å². The molecule has 36 heavy (non-hydrogen) atoms. The highest BCUT2D eigenvalue weighted by molar-refractivity contribution is 7.89. The molecule has 1 atom stereocenters. The number of amides is 2. The van der Waals surface area contributed by atoms with Crippen molar-refractivity contribution in [3.8, 4) is 0 Å². The van der Waals surface area contributed by atoms with Crippen molar-refractivity contribution in [3.05, 3.63) is 77.3 Å². The number of nitrogens with one attached hydrogen (secondary N) is 1. The topological polar surface area (TPSA) is 86.8 Å². The predicted molar refractivity (Wildman–Crippen MR) is 143 cm³/mol. The Bertz CT molecular complexity index is 1330. The third kappa shape index (κ3) is 6.43. The molecule has 0 aliphatic rings. The van der Waals surface area contributed by atoms with Gasteiger partial charge < -0.3 is 10.2 Å². The fraction of sp³-hybridized carbons (Fsp3) is 0.333. The van der Waals surface area contributed by atoms with E-state index in [4.69, 9.17) is 11.6 Å². The molecule has 0 saturated carbocycles. The Hall–Kier alpha value is -2.94. The van der Waals surface area contributed by atoms with Gasteiger partial charge in [0.2, 0.25) is 21.8 Å². The molecule has 9 heteroatoms. The van der Waals surface area contributed by atoms with Crippen molar-refractivity contribution in [1.82, 2.24) is 14.5 Å². The lowest BCUT2D eigenvalue weighted by Gasteiger charge is -2.32. The summed E-state index contributed by atoms with van der Waals surface area (Å²) in [6.07, 6.45) is 1.13. The summed E-state index contributed by atoms with van der Waals surface area (Å²) in [6, 6.07) is 18.7. The number of sulfonamides is 1. The summed E-state index contributed by atoms with van der Waals surface area (Å²) in [5, 5.41) is 5.03. The van der Waals surface area contributed by atoms with Crippen molar-refractivity contribution in [1.29, 1.82) is 0 Å². The van der Waals surface area contributed by atoms with E-state index in [0.717, 1.165) is 21.5 Å². The van der Waals surface area contributed by atoms with E-state index in [1.807, 2.05) is 38.1 Å². The monoisotopic (exact) mass is 529 g/mol. The number of hydrogen-bond acceptors (Lipinski definition) is 4. The van der Waals surface area contributed by atoms with E-state index in [1.54, 1.807) is 36.4 Å². The van der Waals surface area contributed by atoms with Gasteiger partial charge in [0.05, 0.1) is 11.4 Å². The molecule has 0 aliphatic carbocycles. The first-order valence-electron chi connectivity index (χ1n) is 11.9. The first-order chi connectivity index (χ1) is 17.2. The van der Waals surface area contributed by atoms with Crippen molar-refractivity contribution in [3.63, 3.8) is 0 Å². The summed E-state index contributed by atoms with van der Waals surface area (Å²) in [7, 11) is -2.58. The largest absolute Gasteiger partial charge is 0.354 e. The molecule has 0 heterocycles. The molecule has 0 radical (unpaired) electrons. The van der Waals surface area contributed by atoms with Gasteiger partial charge in [-0.3, -0.25) is 9.59 Å². The van der Waals surface area contributed by atoms with Gasteiger partial charge in [0.25, 0.3) is 0 Å². The maximum absolute atomic E-state index is 13.5. The van der Waals surface area contributed by atoms with Crippen LogP contribution in [-0.4, -0.2) is 55.6 Å². The van der Waals surface area contributed by atoms with Crippen LogP contribution in [0.15, 0.2) is 71.6 Å².